The third kappa shape index (κ3) is 2.71. The first kappa shape index (κ1) is 15.3. The van der Waals surface area contributed by atoms with Gasteiger partial charge in [-0.25, -0.2) is 10.0 Å². The van der Waals surface area contributed by atoms with Crippen molar-refractivity contribution < 1.29 is 14.1 Å². The molecule has 8 nitrogen and oxygen atoms in total. The van der Waals surface area contributed by atoms with Crippen LogP contribution in [0.3, 0.4) is 0 Å². The van der Waals surface area contributed by atoms with E-state index in [2.05, 4.69) is 10.3 Å². The van der Waals surface area contributed by atoms with E-state index in [-0.39, 0.29) is 17.5 Å². The van der Waals surface area contributed by atoms with Gasteiger partial charge in [0.05, 0.1) is 5.69 Å². The van der Waals surface area contributed by atoms with E-state index in [0.717, 1.165) is 12.1 Å². The topological polar surface area (TPSA) is 84.5 Å². The summed E-state index contributed by atoms with van der Waals surface area (Å²) in [6, 6.07) is 3.32. The number of aromatic nitrogens is 3. The summed E-state index contributed by atoms with van der Waals surface area (Å²) in [6.07, 6.45) is 0.730. The number of carbonyl (C=O) groups excluding carboxylic acids is 2. The van der Waals surface area contributed by atoms with Gasteiger partial charge in [0.15, 0.2) is 5.69 Å². The molecule has 122 valence electrons. The normalized spacial score (nSPS) is 14.6. The molecule has 1 aliphatic heterocycles. The van der Waals surface area contributed by atoms with Gasteiger partial charge in [0.2, 0.25) is 0 Å². The lowest BCUT2D eigenvalue weighted by atomic mass is 10.3. The van der Waals surface area contributed by atoms with E-state index in [1.54, 1.807) is 23.7 Å². The molecule has 1 saturated heterocycles. The molecule has 0 aromatic carbocycles. The van der Waals surface area contributed by atoms with Gasteiger partial charge in [-0.1, -0.05) is 5.16 Å². The Balaban J connectivity index is 1.86. The molecule has 0 bridgehead atoms. The average Bonchev–Trinajstić information content (AvgIpc) is 3.24. The third-order valence-electron chi connectivity index (χ3n) is 3.77. The number of amides is 2. The lowest BCUT2D eigenvalue weighted by molar-refractivity contribution is 0.0172. The largest absolute Gasteiger partial charge is 0.361 e. The first-order valence-corrected chi connectivity index (χ1v) is 7.62. The number of aryl methyl sites for hydroxylation is 3. The standard InChI is InChI=1S/C15H19N5O3/c1-4-18-13(8-10(2)16-18)15(22)20-7-5-6-19(20)14(21)12-9-11(3)23-17-12/h8-9H,4-7H2,1-3H3. The van der Waals surface area contributed by atoms with Crippen LogP contribution in [0.15, 0.2) is 16.7 Å². The fraction of sp³-hybridized carbons (Fsp3) is 0.467. The fourth-order valence-electron chi connectivity index (χ4n) is 2.72. The monoisotopic (exact) mass is 317 g/mol. The van der Waals surface area contributed by atoms with E-state index in [1.165, 1.54) is 10.0 Å². The second kappa shape index (κ2) is 5.86. The number of hydrogen-bond acceptors (Lipinski definition) is 5. The number of nitrogens with zero attached hydrogens (tertiary/aromatic N) is 5. The van der Waals surface area contributed by atoms with Crippen molar-refractivity contribution in [1.82, 2.24) is 25.0 Å². The number of rotatable bonds is 3. The van der Waals surface area contributed by atoms with Crippen molar-refractivity contribution >= 4 is 11.8 Å². The molecule has 0 radical (unpaired) electrons. The molecule has 0 aliphatic carbocycles. The first-order valence-electron chi connectivity index (χ1n) is 7.62. The highest BCUT2D eigenvalue weighted by atomic mass is 16.5. The predicted molar refractivity (Wildman–Crippen MR) is 80.6 cm³/mol. The highest BCUT2D eigenvalue weighted by Gasteiger charge is 2.34. The van der Waals surface area contributed by atoms with Crippen LogP contribution in [0.25, 0.3) is 0 Å². The molecule has 3 rings (SSSR count). The number of hydrogen-bond donors (Lipinski definition) is 0. The molecule has 0 atom stereocenters. The zero-order valence-corrected chi connectivity index (χ0v) is 13.4. The van der Waals surface area contributed by atoms with E-state index in [0.29, 0.717) is 31.1 Å². The maximum absolute atomic E-state index is 12.8. The maximum atomic E-state index is 12.8. The fourth-order valence-corrected chi connectivity index (χ4v) is 2.72. The Morgan fingerprint density at radius 2 is 1.87 bits per heavy atom. The molecule has 0 spiro atoms. The summed E-state index contributed by atoms with van der Waals surface area (Å²) in [7, 11) is 0. The molecule has 3 heterocycles. The lowest BCUT2D eigenvalue weighted by Crippen LogP contribution is -2.45. The van der Waals surface area contributed by atoms with Crippen molar-refractivity contribution in [3.05, 3.63) is 35.0 Å². The summed E-state index contributed by atoms with van der Waals surface area (Å²) in [5.41, 5.74) is 1.47. The maximum Gasteiger partial charge on any atom is 0.294 e. The minimum absolute atomic E-state index is 0.211. The molecule has 1 fully saturated rings. The molecule has 0 N–H and O–H groups in total. The second-order valence-electron chi connectivity index (χ2n) is 5.52. The summed E-state index contributed by atoms with van der Waals surface area (Å²) in [5.74, 6) is 0.00982. The van der Waals surface area contributed by atoms with Crippen molar-refractivity contribution in [2.75, 3.05) is 13.1 Å². The van der Waals surface area contributed by atoms with Crippen LogP contribution in [0, 0.1) is 13.8 Å². The Kier molecular flexibility index (Phi) is 3.89. The first-order chi connectivity index (χ1) is 11.0. The highest BCUT2D eigenvalue weighted by Crippen LogP contribution is 2.19. The van der Waals surface area contributed by atoms with Crippen LogP contribution in [0.4, 0.5) is 0 Å². The molecule has 8 heteroatoms. The van der Waals surface area contributed by atoms with Crippen LogP contribution in [0.5, 0.6) is 0 Å². The van der Waals surface area contributed by atoms with E-state index in [9.17, 15) is 9.59 Å². The van der Waals surface area contributed by atoms with Gasteiger partial charge in [0.1, 0.15) is 11.5 Å². The van der Waals surface area contributed by atoms with E-state index >= 15 is 0 Å². The molecule has 1 aliphatic rings. The van der Waals surface area contributed by atoms with Crippen molar-refractivity contribution in [2.24, 2.45) is 0 Å². The number of hydrazine groups is 1. The summed E-state index contributed by atoms with van der Waals surface area (Å²) < 4.78 is 6.60. The minimum Gasteiger partial charge on any atom is -0.361 e. The predicted octanol–water partition coefficient (Wildman–Crippen LogP) is 1.41. The quantitative estimate of drug-likeness (QED) is 0.854. The van der Waals surface area contributed by atoms with Crippen LogP contribution in [-0.4, -0.2) is 49.9 Å². The summed E-state index contributed by atoms with van der Waals surface area (Å²) in [4.78, 5) is 25.4. The molecule has 2 aromatic rings. The SMILES string of the molecule is CCn1nc(C)cc1C(=O)N1CCCN1C(=O)c1cc(C)on1. The van der Waals surface area contributed by atoms with Gasteiger partial charge >= 0.3 is 0 Å². The van der Waals surface area contributed by atoms with Crippen molar-refractivity contribution in [3.63, 3.8) is 0 Å². The molecule has 0 unspecified atom stereocenters. The van der Waals surface area contributed by atoms with Crippen molar-refractivity contribution in [3.8, 4) is 0 Å². The molecular weight excluding hydrogens is 298 g/mol. The molecular formula is C15H19N5O3. The van der Waals surface area contributed by atoms with Crippen molar-refractivity contribution in [1.29, 1.82) is 0 Å². The van der Waals surface area contributed by atoms with Gasteiger partial charge in [-0.15, -0.1) is 0 Å². The Morgan fingerprint density at radius 3 is 2.48 bits per heavy atom. The van der Waals surface area contributed by atoms with Crippen LogP contribution in [0.1, 0.15) is 45.8 Å². The zero-order valence-electron chi connectivity index (χ0n) is 13.4. The van der Waals surface area contributed by atoms with E-state index in [4.69, 9.17) is 4.52 Å². The average molecular weight is 317 g/mol. The van der Waals surface area contributed by atoms with Crippen molar-refractivity contribution in [2.45, 2.75) is 33.7 Å². The molecule has 2 amide bonds. The van der Waals surface area contributed by atoms with Crippen LogP contribution >= 0.6 is 0 Å². The number of carbonyl (C=O) groups is 2. The van der Waals surface area contributed by atoms with Gasteiger partial charge in [-0.3, -0.25) is 14.3 Å². The molecule has 2 aromatic heterocycles. The zero-order chi connectivity index (χ0) is 16.6. The van der Waals surface area contributed by atoms with Gasteiger partial charge in [-0.05, 0) is 33.3 Å². The molecule has 0 saturated carbocycles. The van der Waals surface area contributed by atoms with Gasteiger partial charge in [0, 0.05) is 25.7 Å². The van der Waals surface area contributed by atoms with Gasteiger partial charge < -0.3 is 4.52 Å². The lowest BCUT2D eigenvalue weighted by Gasteiger charge is -2.27. The van der Waals surface area contributed by atoms with E-state index < -0.39 is 0 Å². The summed E-state index contributed by atoms with van der Waals surface area (Å²) in [5, 5.41) is 10.9. The summed E-state index contributed by atoms with van der Waals surface area (Å²) in [6.45, 7) is 7.06. The Morgan fingerprint density at radius 1 is 1.17 bits per heavy atom. The third-order valence-corrected chi connectivity index (χ3v) is 3.77. The second-order valence-corrected chi connectivity index (χ2v) is 5.52. The van der Waals surface area contributed by atoms with Crippen LogP contribution in [0.2, 0.25) is 0 Å². The highest BCUT2D eigenvalue weighted by molar-refractivity contribution is 5.97. The Labute approximate surface area is 133 Å². The minimum atomic E-state index is -0.327. The Hall–Kier alpha value is -2.64. The van der Waals surface area contributed by atoms with Gasteiger partial charge in [0.25, 0.3) is 11.8 Å². The molecule has 23 heavy (non-hydrogen) atoms. The van der Waals surface area contributed by atoms with E-state index in [1.807, 2.05) is 13.8 Å². The Bertz CT molecular complexity index is 748. The van der Waals surface area contributed by atoms with Gasteiger partial charge in [-0.2, -0.15) is 5.10 Å². The van der Waals surface area contributed by atoms with Crippen LogP contribution in [-0.2, 0) is 6.54 Å². The van der Waals surface area contributed by atoms with Crippen LogP contribution < -0.4 is 0 Å². The summed E-state index contributed by atoms with van der Waals surface area (Å²) >= 11 is 0. The smallest absolute Gasteiger partial charge is 0.294 e.